The molecule has 0 radical (unpaired) electrons. The summed E-state index contributed by atoms with van der Waals surface area (Å²) >= 11 is 0. The smallest absolute Gasteiger partial charge is 0.244 e. The summed E-state index contributed by atoms with van der Waals surface area (Å²) in [5.41, 5.74) is 10.9. The normalized spacial score (nSPS) is 11.5. The largest absolute Gasteiger partial charge is 0.353 e. The Kier molecular flexibility index (Phi) is 16.0. The highest BCUT2D eigenvalue weighted by atomic mass is 16.2. The molecule has 0 saturated carbocycles. The second-order valence-corrected chi connectivity index (χ2v) is 6.51. The van der Waals surface area contributed by atoms with E-state index in [0.29, 0.717) is 26.2 Å². The maximum Gasteiger partial charge on any atom is 0.244 e. The highest BCUT2D eigenvalue weighted by molar-refractivity contribution is 5.96. The predicted octanol–water partition coefficient (Wildman–Crippen LogP) is -0.884. The fraction of sp³-hybridized carbons (Fsp3) is 0.778. The lowest BCUT2D eigenvalue weighted by Crippen LogP contribution is -2.29. The van der Waals surface area contributed by atoms with Crippen LogP contribution < -0.4 is 22.1 Å². The number of amides is 2. The molecule has 0 aliphatic carbocycles. The fourth-order valence-corrected chi connectivity index (χ4v) is 2.34. The minimum atomic E-state index is -0.244. The molecule has 0 rings (SSSR count). The second kappa shape index (κ2) is 17.0. The quantitative estimate of drug-likeness (QED) is 0.207. The average molecular weight is 371 g/mol. The number of nitrogens with two attached hydrogens (primary N) is 2. The van der Waals surface area contributed by atoms with Crippen LogP contribution in [0.2, 0.25) is 0 Å². The summed E-state index contributed by atoms with van der Waals surface area (Å²) in [6.07, 6.45) is 6.24. The number of hydrogen-bond donors (Lipinski definition) is 4. The van der Waals surface area contributed by atoms with Gasteiger partial charge in [0.1, 0.15) is 0 Å². The average Bonchev–Trinajstić information content (AvgIpc) is 2.63. The molecule has 6 N–H and O–H groups in total. The third-order valence-corrected chi connectivity index (χ3v) is 3.91. The minimum absolute atomic E-state index is 0.244. The van der Waals surface area contributed by atoms with Crippen molar-refractivity contribution in [2.24, 2.45) is 11.5 Å². The van der Waals surface area contributed by atoms with Crippen LogP contribution in [0.4, 0.5) is 0 Å². The van der Waals surface area contributed by atoms with Crippen LogP contribution in [-0.2, 0) is 9.59 Å². The van der Waals surface area contributed by atoms with E-state index in [9.17, 15) is 9.59 Å². The zero-order valence-electron chi connectivity index (χ0n) is 16.5. The van der Waals surface area contributed by atoms with E-state index in [1.54, 1.807) is 0 Å². The van der Waals surface area contributed by atoms with Gasteiger partial charge in [-0.1, -0.05) is 0 Å². The molecule has 0 heterocycles. The van der Waals surface area contributed by atoms with Crippen molar-refractivity contribution in [2.45, 2.75) is 25.7 Å². The van der Waals surface area contributed by atoms with Gasteiger partial charge in [-0.05, 0) is 79.0 Å². The first-order valence-electron chi connectivity index (χ1n) is 9.50. The van der Waals surface area contributed by atoms with Gasteiger partial charge in [-0.2, -0.15) is 0 Å². The van der Waals surface area contributed by atoms with Gasteiger partial charge in [0.15, 0.2) is 0 Å². The molecule has 152 valence electrons. The monoisotopic (exact) mass is 370 g/mol. The Morgan fingerprint density at radius 1 is 0.731 bits per heavy atom. The summed E-state index contributed by atoms with van der Waals surface area (Å²) in [6.45, 7) is 6.31. The fourth-order valence-electron chi connectivity index (χ4n) is 2.34. The molecule has 0 saturated heterocycles. The predicted molar refractivity (Wildman–Crippen MR) is 107 cm³/mol. The van der Waals surface area contributed by atoms with Crippen molar-refractivity contribution in [3.8, 4) is 0 Å². The lowest BCUT2D eigenvalue weighted by atomic mass is 10.3. The molecule has 0 aliphatic heterocycles. The third-order valence-electron chi connectivity index (χ3n) is 3.91. The van der Waals surface area contributed by atoms with Crippen molar-refractivity contribution in [1.29, 1.82) is 0 Å². The van der Waals surface area contributed by atoms with Gasteiger partial charge in [0.05, 0.1) is 0 Å². The zero-order valence-corrected chi connectivity index (χ0v) is 16.5. The molecule has 0 aromatic heterocycles. The van der Waals surface area contributed by atoms with Crippen LogP contribution in [0.5, 0.6) is 0 Å². The number of rotatable bonds is 16. The molecule has 0 atom stereocenters. The van der Waals surface area contributed by atoms with Crippen molar-refractivity contribution in [1.82, 2.24) is 20.4 Å². The highest BCUT2D eigenvalue weighted by Gasteiger charge is 2.01. The number of hydrogen-bond acceptors (Lipinski definition) is 6. The van der Waals surface area contributed by atoms with Crippen LogP contribution in [-0.4, -0.2) is 88.1 Å². The molecule has 0 aromatic carbocycles. The minimum Gasteiger partial charge on any atom is -0.353 e. The zero-order chi connectivity index (χ0) is 19.6. The van der Waals surface area contributed by atoms with E-state index in [4.69, 9.17) is 11.5 Å². The summed E-state index contributed by atoms with van der Waals surface area (Å²) in [5, 5.41) is 5.55. The standard InChI is InChI=1S/C18H38N6O2/c1-23(13-3-9-19)15-5-11-21-17(25)7-8-18(26)22-12-6-16-24(2)14-4-10-20/h7-8H,3-6,9-16,19-20H2,1-2H3,(H,21,25)(H,22,26). The molecule has 0 bridgehead atoms. The Morgan fingerprint density at radius 2 is 1.08 bits per heavy atom. The van der Waals surface area contributed by atoms with Crippen molar-refractivity contribution < 1.29 is 9.59 Å². The van der Waals surface area contributed by atoms with E-state index in [1.165, 1.54) is 12.2 Å². The number of carbonyl (C=O) groups is 2. The first-order valence-corrected chi connectivity index (χ1v) is 9.50. The van der Waals surface area contributed by atoms with Crippen molar-refractivity contribution in [3.05, 3.63) is 12.2 Å². The van der Waals surface area contributed by atoms with Gasteiger partial charge in [-0.3, -0.25) is 9.59 Å². The molecular weight excluding hydrogens is 332 g/mol. The van der Waals surface area contributed by atoms with Crippen LogP contribution in [0.1, 0.15) is 25.7 Å². The molecule has 0 spiro atoms. The molecular formula is C18H38N6O2. The first kappa shape index (κ1) is 24.5. The molecule has 8 nitrogen and oxygen atoms in total. The maximum atomic E-state index is 11.7. The van der Waals surface area contributed by atoms with Crippen LogP contribution in [0.3, 0.4) is 0 Å². The summed E-state index contributed by atoms with van der Waals surface area (Å²) < 4.78 is 0. The van der Waals surface area contributed by atoms with Crippen molar-refractivity contribution in [2.75, 3.05) is 66.5 Å². The van der Waals surface area contributed by atoms with E-state index < -0.39 is 0 Å². The van der Waals surface area contributed by atoms with E-state index in [2.05, 4.69) is 20.4 Å². The van der Waals surface area contributed by atoms with E-state index >= 15 is 0 Å². The van der Waals surface area contributed by atoms with Gasteiger partial charge in [0.2, 0.25) is 11.8 Å². The van der Waals surface area contributed by atoms with Crippen LogP contribution in [0, 0.1) is 0 Å². The van der Waals surface area contributed by atoms with Crippen molar-refractivity contribution in [3.63, 3.8) is 0 Å². The van der Waals surface area contributed by atoms with Gasteiger partial charge in [0, 0.05) is 25.2 Å². The van der Waals surface area contributed by atoms with Crippen LogP contribution in [0.25, 0.3) is 0 Å². The van der Waals surface area contributed by atoms with E-state index in [0.717, 1.165) is 51.9 Å². The Bertz CT molecular complexity index is 367. The molecule has 2 amide bonds. The van der Waals surface area contributed by atoms with Crippen LogP contribution in [0.15, 0.2) is 12.2 Å². The van der Waals surface area contributed by atoms with Gasteiger partial charge in [-0.25, -0.2) is 0 Å². The Hall–Kier alpha value is -1.48. The highest BCUT2D eigenvalue weighted by Crippen LogP contribution is 1.90. The second-order valence-electron chi connectivity index (χ2n) is 6.51. The summed E-state index contributed by atoms with van der Waals surface area (Å²) in [7, 11) is 4.08. The lowest BCUT2D eigenvalue weighted by molar-refractivity contribution is -0.118. The summed E-state index contributed by atoms with van der Waals surface area (Å²) in [4.78, 5) is 27.7. The third kappa shape index (κ3) is 16.0. The molecule has 0 aliphatic rings. The summed E-state index contributed by atoms with van der Waals surface area (Å²) in [6, 6.07) is 0. The van der Waals surface area contributed by atoms with Crippen LogP contribution >= 0.6 is 0 Å². The number of nitrogens with zero attached hydrogens (tertiary/aromatic N) is 2. The molecule has 0 unspecified atom stereocenters. The first-order chi connectivity index (χ1) is 12.5. The Balaban J connectivity index is 3.68. The lowest BCUT2D eigenvalue weighted by Gasteiger charge is -2.15. The molecule has 0 aromatic rings. The van der Waals surface area contributed by atoms with E-state index in [1.807, 2.05) is 14.1 Å². The number of nitrogens with one attached hydrogen (secondary N) is 2. The van der Waals surface area contributed by atoms with Gasteiger partial charge < -0.3 is 31.9 Å². The molecule has 0 fully saturated rings. The Labute approximate surface area is 158 Å². The van der Waals surface area contributed by atoms with E-state index in [-0.39, 0.29) is 11.8 Å². The molecule has 26 heavy (non-hydrogen) atoms. The van der Waals surface area contributed by atoms with Crippen molar-refractivity contribution >= 4 is 11.8 Å². The molecule has 8 heteroatoms. The van der Waals surface area contributed by atoms with Gasteiger partial charge in [-0.15, -0.1) is 0 Å². The Morgan fingerprint density at radius 3 is 1.42 bits per heavy atom. The topological polar surface area (TPSA) is 117 Å². The SMILES string of the molecule is CN(CCCN)CCCNC(=O)C=CC(=O)NCCCN(C)CCCN. The van der Waals surface area contributed by atoms with Gasteiger partial charge in [0.25, 0.3) is 0 Å². The van der Waals surface area contributed by atoms with Gasteiger partial charge >= 0.3 is 0 Å². The number of carbonyl (C=O) groups excluding carboxylic acids is 2. The summed E-state index contributed by atoms with van der Waals surface area (Å²) in [5.74, 6) is -0.488. The maximum absolute atomic E-state index is 11.7.